The lowest BCUT2D eigenvalue weighted by molar-refractivity contribution is -0.169. The van der Waals surface area contributed by atoms with Crippen molar-refractivity contribution >= 4 is 34.0 Å². The van der Waals surface area contributed by atoms with Gasteiger partial charge in [-0.05, 0) is 35.9 Å². The van der Waals surface area contributed by atoms with Crippen LogP contribution in [0.5, 0.6) is 5.75 Å². The Morgan fingerprint density at radius 3 is 2.61 bits per heavy atom. The topological polar surface area (TPSA) is 92.5 Å². The first kappa shape index (κ1) is 21.7. The quantitative estimate of drug-likeness (QED) is 0.601. The molecule has 0 aliphatic carbocycles. The van der Waals surface area contributed by atoms with Crippen molar-refractivity contribution in [1.29, 1.82) is 5.26 Å². The molecular formula is C24H24ClN5O3. The minimum atomic E-state index is -0.450. The van der Waals surface area contributed by atoms with E-state index in [9.17, 15) is 5.26 Å². The molecule has 0 amide bonds. The van der Waals surface area contributed by atoms with Gasteiger partial charge in [-0.3, -0.25) is 0 Å². The van der Waals surface area contributed by atoms with Crippen molar-refractivity contribution in [2.24, 2.45) is 0 Å². The molecule has 0 unspecified atom stereocenters. The maximum atomic E-state index is 9.44. The Labute approximate surface area is 197 Å². The van der Waals surface area contributed by atoms with Gasteiger partial charge in [0.05, 0.1) is 37.0 Å². The number of methoxy groups -OCH3 is 1. The van der Waals surface area contributed by atoms with Gasteiger partial charge in [0.2, 0.25) is 0 Å². The number of anilines is 2. The highest BCUT2D eigenvalue weighted by Gasteiger charge is 2.40. The lowest BCUT2D eigenvalue weighted by Gasteiger charge is -2.38. The first-order valence-electron chi connectivity index (χ1n) is 10.9. The SMILES string of the molecule is COc1ccc(CNc2nnc(N3CCC4(CC3)OCCO4)c3ccc(C#N)cc23)cc1Cl. The molecule has 1 N–H and O–H groups in total. The summed E-state index contributed by atoms with van der Waals surface area (Å²) in [5.74, 6) is 1.61. The van der Waals surface area contributed by atoms with Gasteiger partial charge in [0.15, 0.2) is 17.4 Å². The van der Waals surface area contributed by atoms with Crippen molar-refractivity contribution in [3.05, 3.63) is 52.5 Å². The lowest BCUT2D eigenvalue weighted by Crippen LogP contribution is -2.45. The van der Waals surface area contributed by atoms with E-state index in [2.05, 4.69) is 26.5 Å². The number of halogens is 1. The van der Waals surface area contributed by atoms with Gasteiger partial charge in [-0.25, -0.2) is 0 Å². The number of benzene rings is 2. The second-order valence-corrected chi connectivity index (χ2v) is 8.57. The Morgan fingerprint density at radius 2 is 1.91 bits per heavy atom. The summed E-state index contributed by atoms with van der Waals surface area (Å²) in [5.41, 5.74) is 1.55. The summed E-state index contributed by atoms with van der Waals surface area (Å²) in [5, 5.41) is 24.2. The molecule has 1 spiro atoms. The highest BCUT2D eigenvalue weighted by Crippen LogP contribution is 2.36. The maximum Gasteiger partial charge on any atom is 0.171 e. The minimum absolute atomic E-state index is 0.450. The van der Waals surface area contributed by atoms with Crippen molar-refractivity contribution in [3.8, 4) is 11.8 Å². The molecule has 1 aromatic heterocycles. The number of ether oxygens (including phenoxy) is 3. The van der Waals surface area contributed by atoms with Crippen LogP contribution in [0.3, 0.4) is 0 Å². The molecule has 0 atom stereocenters. The summed E-state index contributed by atoms with van der Waals surface area (Å²) < 4.78 is 16.9. The molecule has 2 aromatic carbocycles. The zero-order valence-electron chi connectivity index (χ0n) is 18.3. The monoisotopic (exact) mass is 465 g/mol. The summed E-state index contributed by atoms with van der Waals surface area (Å²) in [4.78, 5) is 2.21. The number of rotatable bonds is 5. The van der Waals surface area contributed by atoms with E-state index in [1.165, 1.54) is 0 Å². The van der Waals surface area contributed by atoms with Crippen molar-refractivity contribution < 1.29 is 14.2 Å². The molecule has 3 heterocycles. The van der Waals surface area contributed by atoms with E-state index in [-0.39, 0.29) is 0 Å². The van der Waals surface area contributed by atoms with Crippen molar-refractivity contribution in [1.82, 2.24) is 10.2 Å². The third-order valence-electron chi connectivity index (χ3n) is 6.20. The predicted molar refractivity (Wildman–Crippen MR) is 126 cm³/mol. The van der Waals surface area contributed by atoms with Crippen molar-refractivity contribution in [2.75, 3.05) is 43.6 Å². The third-order valence-corrected chi connectivity index (χ3v) is 6.50. The van der Waals surface area contributed by atoms with Crippen LogP contribution in [-0.2, 0) is 16.0 Å². The summed E-state index contributed by atoms with van der Waals surface area (Å²) in [7, 11) is 1.59. The predicted octanol–water partition coefficient (Wildman–Crippen LogP) is 4.12. The number of nitrogens with one attached hydrogen (secondary N) is 1. The molecular weight excluding hydrogens is 442 g/mol. The van der Waals surface area contributed by atoms with Crippen LogP contribution in [0.1, 0.15) is 24.0 Å². The smallest absolute Gasteiger partial charge is 0.171 e. The Morgan fingerprint density at radius 1 is 1.12 bits per heavy atom. The fourth-order valence-electron chi connectivity index (χ4n) is 4.42. The molecule has 0 bridgehead atoms. The van der Waals surface area contributed by atoms with E-state index in [4.69, 9.17) is 25.8 Å². The van der Waals surface area contributed by atoms with Gasteiger partial charge < -0.3 is 24.4 Å². The fourth-order valence-corrected chi connectivity index (χ4v) is 4.70. The molecule has 2 saturated heterocycles. The number of hydrogen-bond acceptors (Lipinski definition) is 8. The molecule has 8 nitrogen and oxygen atoms in total. The van der Waals surface area contributed by atoms with Crippen molar-refractivity contribution in [3.63, 3.8) is 0 Å². The average Bonchev–Trinajstić information content (AvgIpc) is 3.30. The Hall–Kier alpha value is -3.12. The molecule has 170 valence electrons. The van der Waals surface area contributed by atoms with Crippen molar-refractivity contribution in [2.45, 2.75) is 25.2 Å². The molecule has 0 saturated carbocycles. The van der Waals surface area contributed by atoms with E-state index in [1.807, 2.05) is 36.4 Å². The molecule has 2 fully saturated rings. The number of nitriles is 1. The van der Waals surface area contributed by atoms with Gasteiger partial charge in [-0.2, -0.15) is 5.26 Å². The lowest BCUT2D eigenvalue weighted by atomic mass is 10.0. The van der Waals surface area contributed by atoms with E-state index in [0.29, 0.717) is 41.9 Å². The molecule has 2 aliphatic heterocycles. The second kappa shape index (κ2) is 9.02. The second-order valence-electron chi connectivity index (χ2n) is 8.16. The zero-order valence-corrected chi connectivity index (χ0v) is 19.1. The van der Waals surface area contributed by atoms with E-state index >= 15 is 0 Å². The number of fused-ring (bicyclic) bond motifs is 1. The highest BCUT2D eigenvalue weighted by atomic mass is 35.5. The number of nitrogens with zero attached hydrogens (tertiary/aromatic N) is 4. The Kier molecular flexibility index (Phi) is 5.94. The number of aromatic nitrogens is 2. The first-order chi connectivity index (χ1) is 16.1. The van der Waals surface area contributed by atoms with Crippen LogP contribution in [-0.4, -0.2) is 49.4 Å². The van der Waals surface area contributed by atoms with Crippen LogP contribution >= 0.6 is 11.6 Å². The van der Waals surface area contributed by atoms with Gasteiger partial charge in [0.1, 0.15) is 5.75 Å². The normalized spacial score (nSPS) is 17.3. The zero-order chi connectivity index (χ0) is 22.8. The average molecular weight is 466 g/mol. The van der Waals surface area contributed by atoms with Gasteiger partial charge in [-0.1, -0.05) is 17.7 Å². The minimum Gasteiger partial charge on any atom is -0.495 e. The summed E-state index contributed by atoms with van der Waals surface area (Å²) in [6.45, 7) is 3.34. The maximum absolute atomic E-state index is 9.44. The number of hydrogen-bond donors (Lipinski definition) is 1. The molecule has 5 rings (SSSR count). The van der Waals surface area contributed by atoms with Crippen LogP contribution in [0.4, 0.5) is 11.6 Å². The molecule has 2 aliphatic rings. The Bertz CT molecular complexity index is 1210. The highest BCUT2D eigenvalue weighted by molar-refractivity contribution is 6.32. The molecule has 0 radical (unpaired) electrons. The van der Waals surface area contributed by atoms with Crippen LogP contribution in [0.2, 0.25) is 5.02 Å². The Balaban J connectivity index is 1.42. The fraction of sp³-hybridized carbons (Fsp3) is 0.375. The van der Waals surface area contributed by atoms with Gasteiger partial charge >= 0.3 is 0 Å². The van der Waals surface area contributed by atoms with Crippen LogP contribution in [0.15, 0.2) is 36.4 Å². The van der Waals surface area contributed by atoms with Crippen LogP contribution in [0.25, 0.3) is 10.8 Å². The largest absolute Gasteiger partial charge is 0.495 e. The molecule has 3 aromatic rings. The first-order valence-corrected chi connectivity index (χ1v) is 11.3. The standard InChI is InChI=1S/C24H24ClN5O3/c1-31-21-5-3-17(13-20(21)25)15-27-22-19-12-16(14-26)2-4-18(19)23(29-28-22)30-8-6-24(7-9-30)32-10-11-33-24/h2-5,12-13H,6-11,15H2,1H3,(H,27,28). The molecule has 9 heteroatoms. The van der Waals surface area contributed by atoms with Crippen LogP contribution < -0.4 is 15.0 Å². The third kappa shape index (κ3) is 4.27. The van der Waals surface area contributed by atoms with E-state index in [1.54, 1.807) is 7.11 Å². The van der Waals surface area contributed by atoms with E-state index < -0.39 is 5.79 Å². The number of piperidine rings is 1. The summed E-state index contributed by atoms with van der Waals surface area (Å²) in [6, 6.07) is 13.5. The van der Waals surface area contributed by atoms with Gasteiger partial charge in [0.25, 0.3) is 0 Å². The summed E-state index contributed by atoms with van der Waals surface area (Å²) >= 11 is 6.26. The van der Waals surface area contributed by atoms with E-state index in [0.717, 1.165) is 48.1 Å². The summed E-state index contributed by atoms with van der Waals surface area (Å²) in [6.07, 6.45) is 1.56. The van der Waals surface area contributed by atoms with Gasteiger partial charge in [0, 0.05) is 43.2 Å². The van der Waals surface area contributed by atoms with Crippen LogP contribution in [0, 0.1) is 11.3 Å². The van der Waals surface area contributed by atoms with Gasteiger partial charge in [-0.15, -0.1) is 10.2 Å². The molecule has 33 heavy (non-hydrogen) atoms.